The van der Waals surface area contributed by atoms with Crippen molar-refractivity contribution in [3.8, 4) is 11.4 Å². The Morgan fingerprint density at radius 1 is 1.12 bits per heavy atom. The van der Waals surface area contributed by atoms with E-state index < -0.39 is 0 Å². The number of methoxy groups -OCH3 is 1. The maximum atomic E-state index is 5.19. The monoisotopic (exact) mass is 234 g/mol. The molecule has 0 atom stereocenters. The highest BCUT2D eigenvalue weighted by atomic mass is 16.5. The lowest BCUT2D eigenvalue weighted by Gasteiger charge is -2.06. The standard InChI is InChI=1S/C10H12N4O.C2H6/c1-7-4-9(6-10(5-7)15-3)14-8(2)11-12-13-14;1-2/h4-6H,1-3H3;1-2H3. The maximum Gasteiger partial charge on any atom is 0.153 e. The van der Waals surface area contributed by atoms with Gasteiger partial charge in [0.15, 0.2) is 5.82 Å². The van der Waals surface area contributed by atoms with Crippen LogP contribution in [0.25, 0.3) is 5.69 Å². The first-order valence-electron chi connectivity index (χ1n) is 5.62. The Morgan fingerprint density at radius 3 is 2.35 bits per heavy atom. The highest BCUT2D eigenvalue weighted by molar-refractivity contribution is 5.42. The first-order valence-corrected chi connectivity index (χ1v) is 5.62. The molecule has 17 heavy (non-hydrogen) atoms. The van der Waals surface area contributed by atoms with Gasteiger partial charge in [-0.1, -0.05) is 13.8 Å². The molecule has 5 heteroatoms. The SMILES string of the molecule is CC.COc1cc(C)cc(-n2nnnc2C)c1. The summed E-state index contributed by atoms with van der Waals surface area (Å²) in [5.41, 5.74) is 2.02. The van der Waals surface area contributed by atoms with Crippen molar-refractivity contribution >= 4 is 0 Å². The van der Waals surface area contributed by atoms with Crippen LogP contribution in [-0.2, 0) is 0 Å². The Hall–Kier alpha value is -1.91. The third-order valence-corrected chi connectivity index (χ3v) is 2.14. The molecule has 5 nitrogen and oxygen atoms in total. The summed E-state index contributed by atoms with van der Waals surface area (Å²) in [6, 6.07) is 5.87. The molecule has 0 unspecified atom stereocenters. The number of hydrogen-bond donors (Lipinski definition) is 0. The molecular formula is C12H18N4O. The number of aryl methyl sites for hydroxylation is 2. The van der Waals surface area contributed by atoms with Crippen molar-refractivity contribution in [1.82, 2.24) is 20.2 Å². The summed E-state index contributed by atoms with van der Waals surface area (Å²) in [5.74, 6) is 1.56. The minimum Gasteiger partial charge on any atom is -0.497 e. The van der Waals surface area contributed by atoms with Crippen molar-refractivity contribution in [3.63, 3.8) is 0 Å². The van der Waals surface area contributed by atoms with Crippen LogP contribution < -0.4 is 4.74 Å². The van der Waals surface area contributed by atoms with E-state index in [4.69, 9.17) is 4.74 Å². The van der Waals surface area contributed by atoms with Crippen LogP contribution in [0.4, 0.5) is 0 Å². The van der Waals surface area contributed by atoms with Gasteiger partial charge in [0.05, 0.1) is 12.8 Å². The van der Waals surface area contributed by atoms with E-state index in [1.54, 1.807) is 11.8 Å². The summed E-state index contributed by atoms with van der Waals surface area (Å²) in [6.07, 6.45) is 0. The Labute approximate surface area is 101 Å². The van der Waals surface area contributed by atoms with E-state index in [1.165, 1.54) is 0 Å². The van der Waals surface area contributed by atoms with Crippen molar-refractivity contribution in [2.24, 2.45) is 0 Å². The van der Waals surface area contributed by atoms with Gasteiger partial charge in [-0.15, -0.1) is 5.10 Å². The predicted octanol–water partition coefficient (Wildman–Crippen LogP) is 2.31. The van der Waals surface area contributed by atoms with Crippen molar-refractivity contribution in [1.29, 1.82) is 0 Å². The largest absolute Gasteiger partial charge is 0.497 e. The van der Waals surface area contributed by atoms with Crippen LogP contribution in [0.5, 0.6) is 5.75 Å². The van der Waals surface area contributed by atoms with Crippen LogP contribution >= 0.6 is 0 Å². The van der Waals surface area contributed by atoms with Gasteiger partial charge in [-0.25, -0.2) is 0 Å². The molecule has 0 saturated carbocycles. The molecule has 0 saturated heterocycles. The maximum absolute atomic E-state index is 5.19. The molecular weight excluding hydrogens is 216 g/mol. The number of hydrogen-bond acceptors (Lipinski definition) is 4. The molecule has 0 N–H and O–H groups in total. The van der Waals surface area contributed by atoms with Crippen molar-refractivity contribution in [3.05, 3.63) is 29.6 Å². The van der Waals surface area contributed by atoms with Crippen molar-refractivity contribution in [2.75, 3.05) is 7.11 Å². The Morgan fingerprint density at radius 2 is 1.82 bits per heavy atom. The predicted molar refractivity (Wildman–Crippen MR) is 66.5 cm³/mol. The second-order valence-corrected chi connectivity index (χ2v) is 3.35. The molecule has 0 aliphatic heterocycles. The molecule has 92 valence electrons. The highest BCUT2D eigenvalue weighted by Crippen LogP contribution is 2.19. The first kappa shape index (κ1) is 13.2. The van der Waals surface area contributed by atoms with E-state index in [0.717, 1.165) is 22.8 Å². The second-order valence-electron chi connectivity index (χ2n) is 3.35. The lowest BCUT2D eigenvalue weighted by molar-refractivity contribution is 0.414. The van der Waals surface area contributed by atoms with Crippen molar-refractivity contribution < 1.29 is 4.74 Å². The lowest BCUT2D eigenvalue weighted by atomic mass is 10.2. The summed E-state index contributed by atoms with van der Waals surface area (Å²) in [7, 11) is 1.64. The zero-order valence-corrected chi connectivity index (χ0v) is 10.9. The summed E-state index contributed by atoms with van der Waals surface area (Å²) >= 11 is 0. The van der Waals surface area contributed by atoms with Gasteiger partial charge in [-0.3, -0.25) is 0 Å². The third kappa shape index (κ3) is 3.03. The fraction of sp³-hybridized carbons (Fsp3) is 0.417. The number of aromatic nitrogens is 4. The number of tetrazole rings is 1. The Bertz CT molecular complexity index is 479. The number of ether oxygens (including phenoxy) is 1. The zero-order valence-electron chi connectivity index (χ0n) is 10.9. The van der Waals surface area contributed by atoms with Gasteiger partial charge in [-0.2, -0.15) is 4.68 Å². The van der Waals surface area contributed by atoms with Gasteiger partial charge in [0.2, 0.25) is 0 Å². The van der Waals surface area contributed by atoms with Crippen LogP contribution in [0.1, 0.15) is 25.2 Å². The zero-order chi connectivity index (χ0) is 12.8. The van der Waals surface area contributed by atoms with Crippen LogP contribution in [0.3, 0.4) is 0 Å². The van der Waals surface area contributed by atoms with E-state index in [0.29, 0.717) is 0 Å². The molecule has 2 aromatic rings. The fourth-order valence-electron chi connectivity index (χ4n) is 1.44. The van der Waals surface area contributed by atoms with Gasteiger partial charge in [0, 0.05) is 6.07 Å². The summed E-state index contributed by atoms with van der Waals surface area (Å²) in [6.45, 7) is 7.86. The fourth-order valence-corrected chi connectivity index (χ4v) is 1.44. The first-order chi connectivity index (χ1) is 8.20. The van der Waals surface area contributed by atoms with Crippen LogP contribution in [0, 0.1) is 13.8 Å². The van der Waals surface area contributed by atoms with Gasteiger partial charge in [0.1, 0.15) is 5.75 Å². The quantitative estimate of drug-likeness (QED) is 0.800. The molecule has 0 bridgehead atoms. The molecule has 1 aromatic carbocycles. The summed E-state index contributed by atoms with van der Waals surface area (Å²) < 4.78 is 6.87. The smallest absolute Gasteiger partial charge is 0.153 e. The van der Waals surface area contributed by atoms with Gasteiger partial charge < -0.3 is 4.74 Å². The van der Waals surface area contributed by atoms with Crippen molar-refractivity contribution in [2.45, 2.75) is 27.7 Å². The second kappa shape index (κ2) is 5.98. The van der Waals surface area contributed by atoms with Gasteiger partial charge >= 0.3 is 0 Å². The summed E-state index contributed by atoms with van der Waals surface area (Å²) in [4.78, 5) is 0. The number of rotatable bonds is 2. The van der Waals surface area contributed by atoms with Crippen LogP contribution in [0.15, 0.2) is 18.2 Å². The molecule has 0 radical (unpaired) electrons. The minimum atomic E-state index is 0.752. The molecule has 0 aliphatic rings. The molecule has 1 heterocycles. The average Bonchev–Trinajstić information content (AvgIpc) is 2.77. The van der Waals surface area contributed by atoms with Crippen LogP contribution in [-0.4, -0.2) is 27.3 Å². The summed E-state index contributed by atoms with van der Waals surface area (Å²) in [5, 5.41) is 11.3. The van der Waals surface area contributed by atoms with E-state index in [-0.39, 0.29) is 0 Å². The number of benzene rings is 1. The number of nitrogens with zero attached hydrogens (tertiary/aromatic N) is 4. The van der Waals surface area contributed by atoms with E-state index in [9.17, 15) is 0 Å². The molecule has 0 spiro atoms. The lowest BCUT2D eigenvalue weighted by Crippen LogP contribution is -2.00. The minimum absolute atomic E-state index is 0.752. The molecule has 1 aromatic heterocycles. The molecule has 0 fully saturated rings. The normalized spacial score (nSPS) is 9.47. The molecule has 2 rings (SSSR count). The third-order valence-electron chi connectivity index (χ3n) is 2.14. The van der Waals surface area contributed by atoms with E-state index >= 15 is 0 Å². The Balaban J connectivity index is 0.000000686. The molecule has 0 amide bonds. The van der Waals surface area contributed by atoms with E-state index in [1.807, 2.05) is 45.9 Å². The molecule has 0 aliphatic carbocycles. The van der Waals surface area contributed by atoms with E-state index in [2.05, 4.69) is 15.5 Å². The van der Waals surface area contributed by atoms with Crippen LogP contribution in [0.2, 0.25) is 0 Å². The highest BCUT2D eigenvalue weighted by Gasteiger charge is 2.05. The Kier molecular flexibility index (Phi) is 4.63. The van der Waals surface area contributed by atoms with Gasteiger partial charge in [0.25, 0.3) is 0 Å². The van der Waals surface area contributed by atoms with Gasteiger partial charge in [-0.05, 0) is 42.0 Å². The topological polar surface area (TPSA) is 52.8 Å². The average molecular weight is 234 g/mol.